The summed E-state index contributed by atoms with van der Waals surface area (Å²) in [5.41, 5.74) is 4.00. The van der Waals surface area contributed by atoms with Gasteiger partial charge in [-0.15, -0.1) is 0 Å². The summed E-state index contributed by atoms with van der Waals surface area (Å²) in [6.45, 7) is 12.0. The van der Waals surface area contributed by atoms with Crippen molar-refractivity contribution >= 4 is 0 Å². The van der Waals surface area contributed by atoms with Gasteiger partial charge in [-0.3, -0.25) is 0 Å². The first kappa shape index (κ1) is 16.4. The Morgan fingerprint density at radius 2 is 1.82 bits per heavy atom. The molecule has 0 aliphatic rings. The molecule has 2 aromatic rings. The first-order valence-electron chi connectivity index (χ1n) is 7.52. The fourth-order valence-electron chi connectivity index (χ4n) is 2.93. The Morgan fingerprint density at radius 3 is 2.32 bits per heavy atom. The Bertz CT molecular complexity index is 716. The van der Waals surface area contributed by atoms with Crippen molar-refractivity contribution in [2.45, 2.75) is 39.5 Å². The van der Waals surface area contributed by atoms with Crippen LogP contribution >= 0.6 is 0 Å². The Kier molecular flexibility index (Phi) is 4.50. The molecule has 0 radical (unpaired) electrons. The highest BCUT2D eigenvalue weighted by molar-refractivity contribution is 5.49. The number of aryl methyl sites for hydroxylation is 2. The van der Waals surface area contributed by atoms with Crippen molar-refractivity contribution in [2.24, 2.45) is 0 Å². The van der Waals surface area contributed by atoms with Gasteiger partial charge in [-0.05, 0) is 49.9 Å². The maximum Gasteiger partial charge on any atom is 0.130 e. The molecule has 0 nitrogen and oxygen atoms in total. The van der Waals surface area contributed by atoms with Gasteiger partial charge in [0.25, 0.3) is 0 Å². The lowest BCUT2D eigenvalue weighted by Gasteiger charge is -2.32. The molecule has 0 fully saturated rings. The zero-order valence-corrected chi connectivity index (χ0v) is 13.6. The fraction of sp³-hybridized carbons (Fsp3) is 0.300. The molecule has 0 spiro atoms. The Labute approximate surface area is 131 Å². The van der Waals surface area contributed by atoms with Gasteiger partial charge in [0.05, 0.1) is 0 Å². The van der Waals surface area contributed by atoms with Crippen LogP contribution in [0.15, 0.2) is 48.6 Å². The second kappa shape index (κ2) is 6.04. The molecule has 0 saturated heterocycles. The molecule has 0 bridgehead atoms. The maximum absolute atomic E-state index is 14.4. The lowest BCUT2D eigenvalue weighted by Crippen LogP contribution is -2.26. The molecule has 2 heteroatoms. The number of benzene rings is 2. The molecule has 0 aromatic heterocycles. The summed E-state index contributed by atoms with van der Waals surface area (Å²) in [7, 11) is 0. The van der Waals surface area contributed by atoms with Crippen LogP contribution in [0.4, 0.5) is 8.78 Å². The molecule has 116 valence electrons. The highest BCUT2D eigenvalue weighted by Gasteiger charge is 2.33. The summed E-state index contributed by atoms with van der Waals surface area (Å²) in [6, 6.07) is 9.92. The van der Waals surface area contributed by atoms with E-state index in [-0.39, 0.29) is 0 Å². The third-order valence-corrected chi connectivity index (χ3v) is 4.62. The van der Waals surface area contributed by atoms with Crippen LogP contribution in [-0.4, -0.2) is 0 Å². The normalized spacial score (nSPS) is 13.7. The van der Waals surface area contributed by atoms with Crippen molar-refractivity contribution in [2.75, 3.05) is 0 Å². The van der Waals surface area contributed by atoms with Gasteiger partial charge in [0, 0.05) is 17.0 Å². The second-order valence-corrected chi connectivity index (χ2v) is 6.02. The van der Waals surface area contributed by atoms with Crippen LogP contribution in [-0.2, 0) is 11.8 Å². The predicted octanol–water partition coefficient (Wildman–Crippen LogP) is 5.72. The molecule has 1 unspecified atom stereocenters. The lowest BCUT2D eigenvalue weighted by atomic mass is 9.71. The molecule has 0 aliphatic carbocycles. The molecular weight excluding hydrogens is 278 g/mol. The molecule has 0 saturated carbocycles. The monoisotopic (exact) mass is 300 g/mol. The van der Waals surface area contributed by atoms with E-state index in [0.717, 1.165) is 23.6 Å². The molecule has 0 amide bonds. The van der Waals surface area contributed by atoms with Gasteiger partial charge < -0.3 is 0 Å². The van der Waals surface area contributed by atoms with E-state index >= 15 is 0 Å². The topological polar surface area (TPSA) is 0 Å². The first-order valence-corrected chi connectivity index (χ1v) is 7.52. The van der Waals surface area contributed by atoms with E-state index in [9.17, 15) is 8.78 Å². The molecule has 0 aliphatic heterocycles. The fourth-order valence-corrected chi connectivity index (χ4v) is 2.93. The number of rotatable bonds is 4. The average molecular weight is 300 g/mol. The Hall–Kier alpha value is -1.96. The number of hydrogen-bond acceptors (Lipinski definition) is 0. The van der Waals surface area contributed by atoms with Crippen LogP contribution in [0, 0.1) is 18.6 Å². The van der Waals surface area contributed by atoms with E-state index in [1.54, 1.807) is 0 Å². The molecule has 22 heavy (non-hydrogen) atoms. The summed E-state index contributed by atoms with van der Waals surface area (Å²) in [4.78, 5) is 0. The molecule has 0 N–H and O–H groups in total. The zero-order valence-electron chi connectivity index (χ0n) is 13.6. The van der Waals surface area contributed by atoms with Crippen molar-refractivity contribution in [3.63, 3.8) is 0 Å². The highest BCUT2D eigenvalue weighted by atomic mass is 19.1. The summed E-state index contributed by atoms with van der Waals surface area (Å²) < 4.78 is 27.6. The largest absolute Gasteiger partial charge is 0.207 e. The van der Waals surface area contributed by atoms with Gasteiger partial charge in [0.1, 0.15) is 11.6 Å². The van der Waals surface area contributed by atoms with Gasteiger partial charge >= 0.3 is 0 Å². The van der Waals surface area contributed by atoms with Gasteiger partial charge in [0.2, 0.25) is 0 Å². The van der Waals surface area contributed by atoms with Gasteiger partial charge in [-0.2, -0.15) is 0 Å². The van der Waals surface area contributed by atoms with Crippen LogP contribution in [0.5, 0.6) is 0 Å². The third kappa shape index (κ3) is 2.70. The molecule has 0 heterocycles. The third-order valence-electron chi connectivity index (χ3n) is 4.62. The van der Waals surface area contributed by atoms with Crippen molar-refractivity contribution < 1.29 is 8.78 Å². The first-order chi connectivity index (χ1) is 10.3. The summed E-state index contributed by atoms with van der Waals surface area (Å²) in [5, 5.41) is 0. The Morgan fingerprint density at radius 1 is 1.14 bits per heavy atom. The van der Waals surface area contributed by atoms with E-state index < -0.39 is 17.0 Å². The SMILES string of the molecule is C=C(C)C(C)(c1ccc(CC)c(C)c1)c1ccc(F)cc1F. The second-order valence-electron chi connectivity index (χ2n) is 6.02. The summed E-state index contributed by atoms with van der Waals surface area (Å²) in [5.74, 6) is -1.11. The van der Waals surface area contributed by atoms with Gasteiger partial charge in [0.15, 0.2) is 0 Å². The number of allylic oxidation sites excluding steroid dienone is 1. The molecule has 1 atom stereocenters. The summed E-state index contributed by atoms with van der Waals surface area (Å²) in [6.07, 6.45) is 0.959. The van der Waals surface area contributed by atoms with Crippen LogP contribution in [0.3, 0.4) is 0 Å². The molecular formula is C20H22F2. The van der Waals surface area contributed by atoms with E-state index in [2.05, 4.69) is 32.6 Å². The average Bonchev–Trinajstić information content (AvgIpc) is 2.46. The minimum Gasteiger partial charge on any atom is -0.207 e. The summed E-state index contributed by atoms with van der Waals surface area (Å²) >= 11 is 0. The van der Waals surface area contributed by atoms with E-state index in [1.165, 1.54) is 23.3 Å². The van der Waals surface area contributed by atoms with Crippen LogP contribution in [0.1, 0.15) is 43.0 Å². The van der Waals surface area contributed by atoms with Crippen molar-refractivity contribution in [1.29, 1.82) is 0 Å². The van der Waals surface area contributed by atoms with Gasteiger partial charge in [-0.25, -0.2) is 8.78 Å². The zero-order chi connectivity index (χ0) is 16.5. The highest BCUT2D eigenvalue weighted by Crippen LogP contribution is 2.40. The number of hydrogen-bond donors (Lipinski definition) is 0. The lowest BCUT2D eigenvalue weighted by molar-refractivity contribution is 0.541. The van der Waals surface area contributed by atoms with Crippen LogP contribution < -0.4 is 0 Å². The van der Waals surface area contributed by atoms with E-state index in [0.29, 0.717) is 5.56 Å². The maximum atomic E-state index is 14.4. The quantitative estimate of drug-likeness (QED) is 0.634. The smallest absolute Gasteiger partial charge is 0.130 e. The molecule has 2 rings (SSSR count). The Balaban J connectivity index is 2.67. The standard InChI is InChI=1S/C20H22F2/c1-6-15-7-8-16(11-14(15)4)20(5,13(2)3)18-10-9-17(21)12-19(18)22/h7-12H,2,6H2,1,3-5H3. The van der Waals surface area contributed by atoms with Gasteiger partial charge in [-0.1, -0.05) is 43.3 Å². The van der Waals surface area contributed by atoms with E-state index in [1.807, 2.05) is 19.9 Å². The van der Waals surface area contributed by atoms with Crippen molar-refractivity contribution in [1.82, 2.24) is 0 Å². The minimum absolute atomic E-state index is 0.449. The number of halogens is 2. The van der Waals surface area contributed by atoms with Crippen LogP contribution in [0.25, 0.3) is 0 Å². The van der Waals surface area contributed by atoms with Crippen molar-refractivity contribution in [3.05, 3.63) is 82.4 Å². The minimum atomic E-state index is -0.686. The predicted molar refractivity (Wildman–Crippen MR) is 88.2 cm³/mol. The van der Waals surface area contributed by atoms with E-state index in [4.69, 9.17) is 0 Å². The van der Waals surface area contributed by atoms with Crippen molar-refractivity contribution in [3.8, 4) is 0 Å². The van der Waals surface area contributed by atoms with Crippen LogP contribution in [0.2, 0.25) is 0 Å². The molecule has 2 aromatic carbocycles.